The summed E-state index contributed by atoms with van der Waals surface area (Å²) >= 11 is 0. The van der Waals surface area contributed by atoms with E-state index in [9.17, 15) is 9.59 Å². The zero-order chi connectivity index (χ0) is 33.2. The highest BCUT2D eigenvalue weighted by Crippen LogP contribution is 2.33. The van der Waals surface area contributed by atoms with Crippen molar-refractivity contribution in [2.75, 3.05) is 6.61 Å². The maximum Gasteiger partial charge on any atom is 0.261 e. The second-order valence-corrected chi connectivity index (χ2v) is 13.8. The van der Waals surface area contributed by atoms with Gasteiger partial charge in [0, 0.05) is 28.8 Å². The Labute approximate surface area is 279 Å². The Morgan fingerprint density at radius 1 is 0.674 bits per heavy atom. The summed E-state index contributed by atoms with van der Waals surface area (Å²) in [4.78, 5) is 29.0. The fourth-order valence-corrected chi connectivity index (χ4v) is 5.87. The molecule has 0 aliphatic heterocycles. The quantitative estimate of drug-likeness (QED) is 0.0712. The molecular formula is C41H59N2O3+. The van der Waals surface area contributed by atoms with Crippen LogP contribution < -0.4 is 9.30 Å². The molecule has 0 bridgehead atoms. The highest BCUT2D eigenvalue weighted by Gasteiger charge is 2.29. The van der Waals surface area contributed by atoms with E-state index in [2.05, 4.69) is 27.7 Å². The molecule has 0 atom stereocenters. The molecule has 3 aromatic rings. The van der Waals surface area contributed by atoms with Gasteiger partial charge in [0.15, 0.2) is 6.20 Å². The smallest absolute Gasteiger partial charge is 0.261 e. The molecule has 0 aliphatic rings. The summed E-state index contributed by atoms with van der Waals surface area (Å²) in [6.07, 6.45) is 20.5. The number of nitrogens with zero attached hydrogens (tertiary/aromatic N) is 2. The van der Waals surface area contributed by atoms with Gasteiger partial charge in [-0.05, 0) is 42.2 Å². The summed E-state index contributed by atoms with van der Waals surface area (Å²) < 4.78 is 8.24. The van der Waals surface area contributed by atoms with Crippen molar-refractivity contribution in [3.63, 3.8) is 0 Å². The van der Waals surface area contributed by atoms with Crippen LogP contribution in [0.2, 0.25) is 0 Å². The Kier molecular flexibility index (Phi) is 16.0. The first-order valence-corrected chi connectivity index (χ1v) is 17.8. The van der Waals surface area contributed by atoms with E-state index >= 15 is 0 Å². The predicted octanol–water partition coefficient (Wildman–Crippen LogP) is 10.2. The predicted molar refractivity (Wildman–Crippen MR) is 189 cm³/mol. The summed E-state index contributed by atoms with van der Waals surface area (Å²) in [7, 11) is 1.92. The van der Waals surface area contributed by atoms with Crippen molar-refractivity contribution in [1.29, 1.82) is 0 Å². The molecule has 0 aliphatic carbocycles. The standard InChI is InChI=1S/C41H59N2O3/c1-6-7-8-9-10-11-12-13-14-15-16-17-18-24-31-46-38-29-28-35(32-37(38)41(2,3)4)40(45)43(33-36-27-22-23-30-42(36)5)39(44)34-25-20-19-21-26-34/h19-23,25-30,32H,6-18,24,31,33H2,1-5H3/q+1. The number of carbonyl (C=O) groups excluding carboxylic acids is 2. The van der Waals surface area contributed by atoms with Crippen LogP contribution in [-0.2, 0) is 19.0 Å². The van der Waals surface area contributed by atoms with Gasteiger partial charge in [-0.15, -0.1) is 0 Å². The first-order valence-electron chi connectivity index (χ1n) is 17.8. The maximum atomic E-state index is 14.0. The number of imide groups is 1. The van der Waals surface area contributed by atoms with Crippen LogP contribution in [0.25, 0.3) is 0 Å². The van der Waals surface area contributed by atoms with Gasteiger partial charge in [-0.25, -0.2) is 4.57 Å². The lowest BCUT2D eigenvalue weighted by atomic mass is 9.85. The lowest BCUT2D eigenvalue weighted by molar-refractivity contribution is -0.679. The van der Waals surface area contributed by atoms with E-state index in [1.54, 1.807) is 18.2 Å². The number of rotatable bonds is 20. The van der Waals surface area contributed by atoms with Gasteiger partial charge in [-0.3, -0.25) is 14.5 Å². The zero-order valence-electron chi connectivity index (χ0n) is 29.4. The highest BCUT2D eigenvalue weighted by molar-refractivity contribution is 6.10. The number of hydrogen-bond acceptors (Lipinski definition) is 3. The minimum absolute atomic E-state index is 0.173. The fraction of sp³-hybridized carbons (Fsp3) is 0.537. The van der Waals surface area contributed by atoms with Crippen LogP contribution >= 0.6 is 0 Å². The van der Waals surface area contributed by atoms with Gasteiger partial charge in [0.05, 0.1) is 6.61 Å². The Balaban J connectivity index is 1.55. The largest absolute Gasteiger partial charge is 0.493 e. The number of hydrogen-bond donors (Lipinski definition) is 0. The lowest BCUT2D eigenvalue weighted by Gasteiger charge is -2.25. The SMILES string of the molecule is CCCCCCCCCCCCCCCCOc1ccc(C(=O)N(Cc2cccc[n+]2C)C(=O)c2ccccc2)cc1C(C)(C)C. The molecule has 0 N–H and O–H groups in total. The first-order chi connectivity index (χ1) is 22.2. The van der Waals surface area contributed by atoms with E-state index in [1.165, 1.54) is 88.4 Å². The van der Waals surface area contributed by atoms with Crippen LogP contribution in [0.4, 0.5) is 0 Å². The van der Waals surface area contributed by atoms with Crippen molar-refractivity contribution in [3.05, 3.63) is 95.3 Å². The van der Waals surface area contributed by atoms with E-state index in [1.807, 2.05) is 66.3 Å². The van der Waals surface area contributed by atoms with Gasteiger partial charge in [-0.1, -0.05) is 135 Å². The molecule has 2 aromatic carbocycles. The third-order valence-electron chi connectivity index (χ3n) is 8.78. The van der Waals surface area contributed by atoms with Crippen molar-refractivity contribution in [1.82, 2.24) is 4.90 Å². The Bertz CT molecular complexity index is 1330. The van der Waals surface area contributed by atoms with E-state index < -0.39 is 0 Å². The number of unbranched alkanes of at least 4 members (excludes halogenated alkanes) is 13. The summed E-state index contributed by atoms with van der Waals surface area (Å²) in [5.74, 6) is 0.181. The van der Waals surface area contributed by atoms with Crippen LogP contribution in [0, 0.1) is 0 Å². The van der Waals surface area contributed by atoms with E-state index in [4.69, 9.17) is 4.74 Å². The van der Waals surface area contributed by atoms with Crippen molar-refractivity contribution in [3.8, 4) is 5.75 Å². The Morgan fingerprint density at radius 3 is 1.78 bits per heavy atom. The summed E-state index contributed by atoms with van der Waals surface area (Å²) in [5.41, 5.74) is 2.57. The molecule has 46 heavy (non-hydrogen) atoms. The van der Waals surface area contributed by atoms with Crippen molar-refractivity contribution in [2.45, 2.75) is 130 Å². The minimum atomic E-state index is -0.318. The van der Waals surface area contributed by atoms with Gasteiger partial charge in [0.2, 0.25) is 5.69 Å². The van der Waals surface area contributed by atoms with Gasteiger partial charge in [0.25, 0.3) is 11.8 Å². The molecule has 5 heteroatoms. The molecule has 0 spiro atoms. The summed E-state index contributed by atoms with van der Waals surface area (Å²) in [6.45, 7) is 9.51. The molecule has 0 unspecified atom stereocenters. The number of benzene rings is 2. The lowest BCUT2D eigenvalue weighted by Crippen LogP contribution is -2.42. The average Bonchev–Trinajstić information content (AvgIpc) is 3.05. The van der Waals surface area contributed by atoms with Gasteiger partial charge in [0.1, 0.15) is 19.3 Å². The van der Waals surface area contributed by atoms with Gasteiger partial charge >= 0.3 is 0 Å². The first kappa shape index (κ1) is 37.0. The zero-order valence-corrected chi connectivity index (χ0v) is 29.4. The van der Waals surface area contributed by atoms with Gasteiger partial charge in [-0.2, -0.15) is 0 Å². The normalized spacial score (nSPS) is 11.4. The topological polar surface area (TPSA) is 50.5 Å². The number of ether oxygens (including phenoxy) is 1. The van der Waals surface area contributed by atoms with Crippen LogP contribution in [0.15, 0.2) is 72.9 Å². The maximum absolute atomic E-state index is 14.0. The van der Waals surface area contributed by atoms with E-state index in [0.29, 0.717) is 17.7 Å². The highest BCUT2D eigenvalue weighted by atomic mass is 16.5. The molecular weight excluding hydrogens is 568 g/mol. The second-order valence-electron chi connectivity index (χ2n) is 13.8. The Hall–Kier alpha value is -3.47. The summed E-state index contributed by atoms with van der Waals surface area (Å²) in [6, 6.07) is 20.4. The van der Waals surface area contributed by atoms with E-state index in [-0.39, 0.29) is 23.8 Å². The van der Waals surface area contributed by atoms with Crippen LogP contribution in [0.5, 0.6) is 5.75 Å². The molecule has 2 amide bonds. The van der Waals surface area contributed by atoms with E-state index in [0.717, 1.165) is 23.4 Å². The number of aryl methyl sites for hydroxylation is 1. The molecule has 3 rings (SSSR count). The average molecular weight is 628 g/mol. The van der Waals surface area contributed by atoms with Crippen molar-refractivity contribution < 1.29 is 18.9 Å². The number of pyridine rings is 1. The molecule has 0 saturated heterocycles. The molecule has 1 heterocycles. The summed E-state index contributed by atoms with van der Waals surface area (Å²) in [5, 5.41) is 0. The van der Waals surface area contributed by atoms with Crippen molar-refractivity contribution >= 4 is 11.8 Å². The third kappa shape index (κ3) is 12.4. The molecule has 0 saturated carbocycles. The monoisotopic (exact) mass is 627 g/mol. The van der Waals surface area contributed by atoms with Crippen molar-refractivity contribution in [2.24, 2.45) is 7.05 Å². The van der Waals surface area contributed by atoms with Crippen LogP contribution in [0.1, 0.15) is 150 Å². The molecule has 250 valence electrons. The number of aromatic nitrogens is 1. The number of carbonyl (C=O) groups is 2. The van der Waals surface area contributed by atoms with Gasteiger partial charge < -0.3 is 4.74 Å². The molecule has 0 radical (unpaired) electrons. The minimum Gasteiger partial charge on any atom is -0.493 e. The van der Waals surface area contributed by atoms with Crippen LogP contribution in [0.3, 0.4) is 0 Å². The number of amides is 2. The Morgan fingerprint density at radius 2 is 1.22 bits per heavy atom. The second kappa shape index (κ2) is 19.9. The third-order valence-corrected chi connectivity index (χ3v) is 8.78. The van der Waals surface area contributed by atoms with Crippen LogP contribution in [-0.4, -0.2) is 23.3 Å². The molecule has 1 aromatic heterocycles. The molecule has 5 nitrogen and oxygen atoms in total. The fourth-order valence-electron chi connectivity index (χ4n) is 5.87. The molecule has 0 fully saturated rings.